The number of nitrogens with zero attached hydrogens (tertiary/aromatic N) is 3. The van der Waals surface area contributed by atoms with Gasteiger partial charge in [-0.1, -0.05) is 30.3 Å². The minimum absolute atomic E-state index is 0.0268. The Balaban J connectivity index is 1.59. The lowest BCUT2D eigenvalue weighted by Gasteiger charge is -2.12. The van der Waals surface area contributed by atoms with Gasteiger partial charge in [-0.25, -0.2) is 9.97 Å². The van der Waals surface area contributed by atoms with Crippen LogP contribution >= 0.6 is 0 Å². The van der Waals surface area contributed by atoms with Crippen molar-refractivity contribution in [1.82, 2.24) is 15.0 Å². The summed E-state index contributed by atoms with van der Waals surface area (Å²) >= 11 is 0. The maximum absolute atomic E-state index is 6.17. The summed E-state index contributed by atoms with van der Waals surface area (Å²) in [5.74, 6) is 0.795. The molecule has 106 valence electrons. The van der Waals surface area contributed by atoms with E-state index in [1.165, 1.54) is 0 Å². The summed E-state index contributed by atoms with van der Waals surface area (Å²) < 4.78 is 0. The third-order valence-corrected chi connectivity index (χ3v) is 3.32. The quantitative estimate of drug-likeness (QED) is 0.750. The molecule has 0 bridgehead atoms. The van der Waals surface area contributed by atoms with E-state index in [0.717, 1.165) is 29.9 Å². The van der Waals surface area contributed by atoms with E-state index in [9.17, 15) is 0 Å². The van der Waals surface area contributed by atoms with Crippen molar-refractivity contribution in [3.05, 3.63) is 60.4 Å². The van der Waals surface area contributed by atoms with Gasteiger partial charge in [-0.2, -0.15) is 0 Å². The fourth-order valence-electron chi connectivity index (χ4n) is 2.18. The average Bonchev–Trinajstić information content (AvgIpc) is 2.55. The summed E-state index contributed by atoms with van der Waals surface area (Å²) in [4.78, 5) is 12.8. The minimum Gasteiger partial charge on any atom is -0.370 e. The van der Waals surface area contributed by atoms with E-state index >= 15 is 0 Å². The van der Waals surface area contributed by atoms with Crippen molar-refractivity contribution >= 4 is 17.0 Å². The van der Waals surface area contributed by atoms with E-state index in [1.807, 2.05) is 30.3 Å². The Labute approximate surface area is 123 Å². The predicted octanol–water partition coefficient (Wildman–Crippen LogP) is 2.53. The lowest BCUT2D eigenvalue weighted by molar-refractivity contribution is 0.674. The Morgan fingerprint density at radius 2 is 1.81 bits per heavy atom. The third-order valence-electron chi connectivity index (χ3n) is 3.32. The average molecular weight is 279 g/mol. The van der Waals surface area contributed by atoms with Gasteiger partial charge >= 0.3 is 0 Å². The predicted molar refractivity (Wildman–Crippen MR) is 83.8 cm³/mol. The zero-order valence-electron chi connectivity index (χ0n) is 11.6. The second kappa shape index (κ2) is 6.28. The van der Waals surface area contributed by atoms with Crippen LogP contribution < -0.4 is 11.1 Å². The van der Waals surface area contributed by atoms with Crippen LogP contribution in [-0.4, -0.2) is 21.5 Å². The smallest absolute Gasteiger partial charge is 0.180 e. The number of nitrogens with two attached hydrogens (primary N) is 1. The van der Waals surface area contributed by atoms with Crippen LogP contribution in [0.1, 0.15) is 18.0 Å². The summed E-state index contributed by atoms with van der Waals surface area (Å²) in [6, 6.07) is 14.0. The van der Waals surface area contributed by atoms with Crippen molar-refractivity contribution in [3.8, 4) is 0 Å². The van der Waals surface area contributed by atoms with Crippen molar-refractivity contribution in [3.63, 3.8) is 0 Å². The molecule has 0 aliphatic rings. The van der Waals surface area contributed by atoms with Gasteiger partial charge in [-0.3, -0.25) is 4.98 Å². The highest BCUT2D eigenvalue weighted by molar-refractivity contribution is 5.71. The molecule has 0 amide bonds. The maximum Gasteiger partial charge on any atom is 0.180 e. The molecule has 21 heavy (non-hydrogen) atoms. The highest BCUT2D eigenvalue weighted by Gasteiger charge is 2.05. The molecule has 3 rings (SSSR count). The van der Waals surface area contributed by atoms with E-state index in [-0.39, 0.29) is 6.04 Å². The zero-order valence-corrected chi connectivity index (χ0v) is 11.6. The topological polar surface area (TPSA) is 76.7 Å². The fourth-order valence-corrected chi connectivity index (χ4v) is 2.18. The number of aromatic nitrogens is 3. The van der Waals surface area contributed by atoms with Gasteiger partial charge in [-0.15, -0.1) is 0 Å². The van der Waals surface area contributed by atoms with Crippen molar-refractivity contribution in [2.75, 3.05) is 11.9 Å². The molecule has 1 unspecified atom stereocenters. The van der Waals surface area contributed by atoms with Gasteiger partial charge in [0.05, 0.1) is 0 Å². The van der Waals surface area contributed by atoms with Crippen LogP contribution in [0.25, 0.3) is 11.2 Å². The molecule has 1 atom stereocenters. The molecule has 0 saturated heterocycles. The molecule has 0 spiro atoms. The molecule has 2 aromatic heterocycles. The lowest BCUT2D eigenvalue weighted by atomic mass is 10.1. The van der Waals surface area contributed by atoms with Gasteiger partial charge in [-0.05, 0) is 24.1 Å². The number of pyridine rings is 1. The van der Waals surface area contributed by atoms with E-state index in [0.29, 0.717) is 5.65 Å². The molecule has 0 aliphatic heterocycles. The number of anilines is 1. The van der Waals surface area contributed by atoms with Gasteiger partial charge in [0.1, 0.15) is 11.3 Å². The Kier molecular flexibility index (Phi) is 4.02. The summed E-state index contributed by atoms with van der Waals surface area (Å²) in [5.41, 5.74) is 8.76. The summed E-state index contributed by atoms with van der Waals surface area (Å²) in [6.45, 7) is 0.759. The van der Waals surface area contributed by atoms with Crippen LogP contribution in [0.3, 0.4) is 0 Å². The van der Waals surface area contributed by atoms with Crippen LogP contribution in [0.5, 0.6) is 0 Å². The van der Waals surface area contributed by atoms with Crippen molar-refractivity contribution in [2.24, 2.45) is 5.73 Å². The van der Waals surface area contributed by atoms with E-state index in [4.69, 9.17) is 5.73 Å². The number of benzene rings is 1. The lowest BCUT2D eigenvalue weighted by Crippen LogP contribution is -2.15. The van der Waals surface area contributed by atoms with Crippen molar-refractivity contribution in [2.45, 2.75) is 12.5 Å². The molecule has 3 N–H and O–H groups in total. The largest absolute Gasteiger partial charge is 0.370 e. The molecule has 0 radical (unpaired) electrons. The van der Waals surface area contributed by atoms with Crippen LogP contribution in [0.2, 0.25) is 0 Å². The molecule has 3 aromatic rings. The first-order chi connectivity index (χ1) is 10.3. The van der Waals surface area contributed by atoms with Gasteiger partial charge in [0.25, 0.3) is 0 Å². The number of hydrogen-bond acceptors (Lipinski definition) is 5. The second-order valence-corrected chi connectivity index (χ2v) is 4.83. The molecular formula is C16H17N5. The first-order valence-corrected chi connectivity index (χ1v) is 6.95. The summed E-state index contributed by atoms with van der Waals surface area (Å²) in [7, 11) is 0. The monoisotopic (exact) mass is 279 g/mol. The highest BCUT2D eigenvalue weighted by atomic mass is 15.0. The van der Waals surface area contributed by atoms with Gasteiger partial charge in [0, 0.05) is 25.0 Å². The van der Waals surface area contributed by atoms with E-state index in [2.05, 4.69) is 32.4 Å². The Bertz CT molecular complexity index is 714. The van der Waals surface area contributed by atoms with Crippen LogP contribution in [-0.2, 0) is 0 Å². The van der Waals surface area contributed by atoms with Crippen molar-refractivity contribution < 1.29 is 0 Å². The Morgan fingerprint density at radius 3 is 2.67 bits per heavy atom. The highest BCUT2D eigenvalue weighted by Crippen LogP contribution is 2.14. The normalized spacial score (nSPS) is 12.2. The summed E-state index contributed by atoms with van der Waals surface area (Å²) in [6.07, 6.45) is 4.14. The Hall–Kier alpha value is -2.53. The molecule has 0 aliphatic carbocycles. The molecule has 5 heteroatoms. The number of rotatable bonds is 5. The molecule has 2 heterocycles. The van der Waals surface area contributed by atoms with Gasteiger partial charge < -0.3 is 11.1 Å². The number of hydrogen-bond donors (Lipinski definition) is 2. The third kappa shape index (κ3) is 3.32. The van der Waals surface area contributed by atoms with Crippen molar-refractivity contribution in [1.29, 1.82) is 0 Å². The maximum atomic E-state index is 6.17. The summed E-state index contributed by atoms with van der Waals surface area (Å²) in [5, 5.41) is 3.28. The van der Waals surface area contributed by atoms with Crippen LogP contribution in [0, 0.1) is 0 Å². The molecular weight excluding hydrogens is 262 g/mol. The second-order valence-electron chi connectivity index (χ2n) is 4.83. The minimum atomic E-state index is 0.0268. The fraction of sp³-hybridized carbons (Fsp3) is 0.188. The molecule has 5 nitrogen and oxygen atoms in total. The first kappa shape index (κ1) is 13.5. The number of nitrogens with one attached hydrogen (secondary N) is 1. The van der Waals surface area contributed by atoms with Crippen LogP contribution in [0.4, 0.5) is 5.82 Å². The van der Waals surface area contributed by atoms with E-state index < -0.39 is 0 Å². The number of fused-ring (bicyclic) bond motifs is 1. The van der Waals surface area contributed by atoms with E-state index in [1.54, 1.807) is 12.4 Å². The molecule has 0 saturated carbocycles. The Morgan fingerprint density at radius 1 is 1.00 bits per heavy atom. The van der Waals surface area contributed by atoms with Gasteiger partial charge in [0.15, 0.2) is 5.65 Å². The SMILES string of the molecule is NC(CCNc1ccc2nccnc2n1)c1ccccc1. The zero-order chi connectivity index (χ0) is 14.5. The first-order valence-electron chi connectivity index (χ1n) is 6.95. The molecule has 0 fully saturated rings. The standard InChI is InChI=1S/C16H17N5/c17-13(12-4-2-1-3-5-12)8-9-19-15-7-6-14-16(21-15)20-11-10-18-14/h1-7,10-11,13H,8-9,17H2,(H,19,20,21). The van der Waals surface area contributed by atoms with Crippen LogP contribution in [0.15, 0.2) is 54.9 Å². The van der Waals surface area contributed by atoms with Gasteiger partial charge in [0.2, 0.25) is 0 Å². The molecule has 1 aromatic carbocycles.